The molecule has 0 unspecified atom stereocenters. The van der Waals surface area contributed by atoms with Crippen molar-refractivity contribution >= 4 is 87.9 Å². The van der Waals surface area contributed by atoms with Crippen molar-refractivity contribution in [1.29, 1.82) is 0 Å². The number of anilines is 4. The standard InChI is InChI=1S/C44H46N4O12S4/c1-5-59-43(51)37-29-11-7-9-13-33(29)61-41(37)45-39(49)25-15-19-27(20-16-25)47-63(53,54)35-24-36(32(58-4)23-31(35)57-3)64(55,56)48-28-21-17-26(18-22-28)40(50)46-42-38(44(52)60-6-2)30-12-8-10-14-34(30)62-42/h15-24,47-48H,5-14H2,1-4H3,(H,45,49)(H,46,50). The lowest BCUT2D eigenvalue weighted by atomic mass is 9.95. The van der Waals surface area contributed by atoms with Gasteiger partial charge in [0.05, 0.1) is 38.6 Å². The van der Waals surface area contributed by atoms with Gasteiger partial charge in [-0.05, 0) is 131 Å². The molecule has 5 aromatic rings. The molecule has 0 fully saturated rings. The summed E-state index contributed by atoms with van der Waals surface area (Å²) in [7, 11) is -6.65. The Bertz CT molecular complexity index is 2650. The molecular formula is C44H46N4O12S4. The van der Waals surface area contributed by atoms with Gasteiger partial charge in [-0.25, -0.2) is 26.4 Å². The minimum absolute atomic E-state index is 0.0516. The molecule has 0 bridgehead atoms. The van der Waals surface area contributed by atoms with Crippen LogP contribution in [0.4, 0.5) is 21.4 Å². The van der Waals surface area contributed by atoms with Crippen LogP contribution in [0.5, 0.6) is 11.5 Å². The lowest BCUT2D eigenvalue weighted by molar-refractivity contribution is 0.0516. The number of amides is 2. The minimum atomic E-state index is -4.54. The number of carbonyl (C=O) groups excluding carboxylic acids is 4. The molecule has 7 rings (SSSR count). The molecule has 2 aliphatic rings. The third kappa shape index (κ3) is 9.74. The molecule has 64 heavy (non-hydrogen) atoms. The van der Waals surface area contributed by atoms with Crippen molar-refractivity contribution in [2.45, 2.75) is 75.0 Å². The Morgan fingerprint density at radius 3 is 1.30 bits per heavy atom. The molecule has 0 saturated carbocycles. The third-order valence-electron chi connectivity index (χ3n) is 10.6. The SMILES string of the molecule is CCOC(=O)c1c(NC(=O)c2ccc(NS(=O)(=O)c3cc(S(=O)(=O)Nc4ccc(C(=O)Nc5sc6c(c5C(=O)OCC)CCCC6)cc4)c(OC)cc3OC)cc2)sc2c1CCCC2. The average molecular weight is 951 g/mol. The van der Waals surface area contributed by atoms with Crippen LogP contribution in [-0.2, 0) is 55.2 Å². The largest absolute Gasteiger partial charge is 0.495 e. The number of thiophene rings is 2. The van der Waals surface area contributed by atoms with E-state index in [0.717, 1.165) is 71.5 Å². The van der Waals surface area contributed by atoms with Gasteiger partial charge >= 0.3 is 11.9 Å². The van der Waals surface area contributed by atoms with Crippen LogP contribution < -0.4 is 29.6 Å². The number of carbonyl (C=O) groups is 4. The fraction of sp³-hybridized carbons (Fsp3) is 0.318. The number of hydrogen-bond donors (Lipinski definition) is 4. The van der Waals surface area contributed by atoms with Crippen molar-refractivity contribution in [2.75, 3.05) is 47.5 Å². The second-order valence-electron chi connectivity index (χ2n) is 14.7. The average Bonchev–Trinajstić information content (AvgIpc) is 3.83. The second-order valence-corrected chi connectivity index (χ2v) is 20.2. The van der Waals surface area contributed by atoms with E-state index in [4.69, 9.17) is 18.9 Å². The van der Waals surface area contributed by atoms with Crippen molar-refractivity contribution in [2.24, 2.45) is 0 Å². The van der Waals surface area contributed by atoms with E-state index in [9.17, 15) is 36.0 Å². The third-order valence-corrected chi connectivity index (χ3v) is 15.8. The van der Waals surface area contributed by atoms with Gasteiger partial charge in [-0.3, -0.25) is 19.0 Å². The Balaban J connectivity index is 1.07. The first-order chi connectivity index (χ1) is 30.7. The number of hydrogen-bond acceptors (Lipinski definition) is 14. The molecule has 0 saturated heterocycles. The van der Waals surface area contributed by atoms with E-state index in [1.807, 2.05) is 0 Å². The maximum absolute atomic E-state index is 13.9. The number of ether oxygens (including phenoxy) is 4. The molecule has 2 aliphatic carbocycles. The molecule has 0 atom stereocenters. The zero-order chi connectivity index (χ0) is 45.8. The van der Waals surface area contributed by atoms with Crippen LogP contribution >= 0.6 is 22.7 Å². The summed E-state index contributed by atoms with van der Waals surface area (Å²) in [6.45, 7) is 3.79. The van der Waals surface area contributed by atoms with Gasteiger partial charge < -0.3 is 29.6 Å². The predicted molar refractivity (Wildman–Crippen MR) is 244 cm³/mol. The molecule has 3 aromatic carbocycles. The number of sulfonamides is 2. The highest BCUT2D eigenvalue weighted by molar-refractivity contribution is 7.93. The number of aryl methyl sites for hydroxylation is 2. The zero-order valence-corrected chi connectivity index (χ0v) is 38.6. The van der Waals surface area contributed by atoms with Crippen molar-refractivity contribution in [1.82, 2.24) is 0 Å². The first-order valence-electron chi connectivity index (χ1n) is 20.5. The molecule has 338 valence electrons. The molecule has 2 heterocycles. The van der Waals surface area contributed by atoms with E-state index in [1.54, 1.807) is 13.8 Å². The molecule has 20 heteroatoms. The monoisotopic (exact) mass is 950 g/mol. The first-order valence-corrected chi connectivity index (χ1v) is 25.1. The highest BCUT2D eigenvalue weighted by Crippen LogP contribution is 2.41. The fourth-order valence-electron chi connectivity index (χ4n) is 7.56. The lowest BCUT2D eigenvalue weighted by Gasteiger charge is -2.17. The first kappa shape index (κ1) is 46.0. The summed E-state index contributed by atoms with van der Waals surface area (Å²) < 4.78 is 81.6. The lowest BCUT2D eigenvalue weighted by Crippen LogP contribution is -2.18. The maximum atomic E-state index is 13.9. The summed E-state index contributed by atoms with van der Waals surface area (Å²) in [5, 5.41) is 6.45. The van der Waals surface area contributed by atoms with E-state index in [-0.39, 0.29) is 47.2 Å². The summed E-state index contributed by atoms with van der Waals surface area (Å²) in [5.74, 6) is -2.47. The predicted octanol–water partition coefficient (Wildman–Crippen LogP) is 8.04. The van der Waals surface area contributed by atoms with E-state index in [0.29, 0.717) is 34.0 Å². The van der Waals surface area contributed by atoms with E-state index < -0.39 is 53.6 Å². The van der Waals surface area contributed by atoms with Crippen molar-refractivity contribution in [3.05, 3.63) is 104 Å². The van der Waals surface area contributed by atoms with Crippen LogP contribution in [0.2, 0.25) is 0 Å². The number of esters is 2. The number of nitrogens with one attached hydrogen (secondary N) is 4. The van der Waals surface area contributed by atoms with Crippen LogP contribution in [0.25, 0.3) is 0 Å². The van der Waals surface area contributed by atoms with Crippen LogP contribution in [0, 0.1) is 0 Å². The summed E-state index contributed by atoms with van der Waals surface area (Å²) in [6, 6.07) is 13.1. The van der Waals surface area contributed by atoms with Gasteiger partial charge in [0.1, 0.15) is 31.3 Å². The summed E-state index contributed by atoms with van der Waals surface area (Å²) in [5.41, 5.74) is 2.99. The van der Waals surface area contributed by atoms with Crippen LogP contribution in [-0.4, -0.2) is 68.0 Å². The number of benzene rings is 3. The number of fused-ring (bicyclic) bond motifs is 2. The fourth-order valence-corrected chi connectivity index (χ4v) is 12.7. The van der Waals surface area contributed by atoms with Crippen LogP contribution in [0.15, 0.2) is 70.5 Å². The molecule has 0 spiro atoms. The molecule has 4 N–H and O–H groups in total. The van der Waals surface area contributed by atoms with E-state index >= 15 is 0 Å². The molecule has 2 aromatic heterocycles. The Morgan fingerprint density at radius 2 is 0.938 bits per heavy atom. The molecule has 2 amide bonds. The zero-order valence-electron chi connectivity index (χ0n) is 35.4. The van der Waals surface area contributed by atoms with Crippen molar-refractivity contribution < 1.29 is 55.0 Å². The van der Waals surface area contributed by atoms with E-state index in [2.05, 4.69) is 20.1 Å². The smallest absolute Gasteiger partial charge is 0.341 e. The quantitative estimate of drug-likeness (QED) is 0.0691. The molecule has 0 aliphatic heterocycles. The second kappa shape index (κ2) is 19.4. The Hall–Kier alpha value is -5.96. The van der Waals surface area contributed by atoms with Gasteiger partial charge in [-0.1, -0.05) is 0 Å². The van der Waals surface area contributed by atoms with Gasteiger partial charge in [0.15, 0.2) is 0 Å². The van der Waals surface area contributed by atoms with Crippen molar-refractivity contribution in [3.8, 4) is 11.5 Å². The Kier molecular flexibility index (Phi) is 14.0. The van der Waals surface area contributed by atoms with Gasteiger partial charge in [-0.15, -0.1) is 22.7 Å². The summed E-state index contributed by atoms with van der Waals surface area (Å²) >= 11 is 2.69. The van der Waals surface area contributed by atoms with E-state index in [1.165, 1.54) is 85.4 Å². The normalized spacial score (nSPS) is 13.4. The van der Waals surface area contributed by atoms with Gasteiger partial charge in [0.25, 0.3) is 31.9 Å². The Morgan fingerprint density at radius 1 is 0.562 bits per heavy atom. The summed E-state index contributed by atoms with van der Waals surface area (Å²) in [4.78, 5) is 53.5. The highest BCUT2D eigenvalue weighted by atomic mass is 32.2. The molecule has 0 radical (unpaired) electrons. The van der Waals surface area contributed by atoms with Crippen LogP contribution in [0.1, 0.15) is 102 Å². The molecule has 16 nitrogen and oxygen atoms in total. The van der Waals surface area contributed by atoms with Gasteiger partial charge in [0.2, 0.25) is 0 Å². The Labute approximate surface area is 378 Å². The highest BCUT2D eigenvalue weighted by Gasteiger charge is 2.31. The minimum Gasteiger partial charge on any atom is -0.495 e. The van der Waals surface area contributed by atoms with Crippen LogP contribution in [0.3, 0.4) is 0 Å². The van der Waals surface area contributed by atoms with Gasteiger partial charge in [0, 0.05) is 38.3 Å². The topological polar surface area (TPSA) is 222 Å². The maximum Gasteiger partial charge on any atom is 0.341 e. The van der Waals surface area contributed by atoms with Crippen molar-refractivity contribution in [3.63, 3.8) is 0 Å². The number of methoxy groups -OCH3 is 2. The number of rotatable bonds is 16. The summed E-state index contributed by atoms with van der Waals surface area (Å²) in [6.07, 6.45) is 6.85. The molecular weight excluding hydrogens is 905 g/mol. The van der Waals surface area contributed by atoms with Gasteiger partial charge in [-0.2, -0.15) is 0 Å².